The zero-order valence-corrected chi connectivity index (χ0v) is 13.8. The number of amides is 2. The summed E-state index contributed by atoms with van der Waals surface area (Å²) in [4.78, 5) is 27.3. The van der Waals surface area contributed by atoms with E-state index in [1.54, 1.807) is 12.1 Å². The third-order valence-corrected chi connectivity index (χ3v) is 3.95. The van der Waals surface area contributed by atoms with Crippen molar-refractivity contribution in [2.24, 2.45) is 0 Å². The van der Waals surface area contributed by atoms with Crippen LogP contribution in [0.15, 0.2) is 18.2 Å². The van der Waals surface area contributed by atoms with E-state index in [1.807, 2.05) is 30.0 Å². The number of carbonyl (C=O) groups is 2. The highest BCUT2D eigenvalue weighted by atomic mass is 35.5. The second kappa shape index (κ2) is 7.49. The molecule has 1 fully saturated rings. The fraction of sp³-hybridized carbons (Fsp3) is 0.500. The van der Waals surface area contributed by atoms with Crippen LogP contribution in [0.3, 0.4) is 0 Å². The largest absolute Gasteiger partial charge is 0.376 e. The lowest BCUT2D eigenvalue weighted by molar-refractivity contribution is -0.128. The van der Waals surface area contributed by atoms with Gasteiger partial charge in [-0.2, -0.15) is 0 Å². The van der Waals surface area contributed by atoms with Crippen molar-refractivity contribution in [3.05, 3.63) is 23.2 Å². The monoisotopic (exact) mass is 323 g/mol. The Morgan fingerprint density at radius 1 is 1.41 bits per heavy atom. The normalized spacial score (nSPS) is 14.3. The highest BCUT2D eigenvalue weighted by Crippen LogP contribution is 2.28. The molecule has 1 saturated heterocycles. The van der Waals surface area contributed by atoms with Crippen molar-refractivity contribution >= 4 is 34.8 Å². The minimum atomic E-state index is -0.0583. The van der Waals surface area contributed by atoms with Gasteiger partial charge >= 0.3 is 0 Å². The molecule has 120 valence electrons. The molecule has 0 saturated carbocycles. The van der Waals surface area contributed by atoms with Crippen LogP contribution in [-0.2, 0) is 9.59 Å². The molecule has 1 N–H and O–H groups in total. The summed E-state index contributed by atoms with van der Waals surface area (Å²) in [6.07, 6.45) is 2.64. The van der Waals surface area contributed by atoms with Crippen molar-refractivity contribution in [1.29, 1.82) is 0 Å². The second-order valence-electron chi connectivity index (χ2n) is 5.69. The molecule has 1 aliphatic heterocycles. The van der Waals surface area contributed by atoms with Crippen LogP contribution in [0.5, 0.6) is 0 Å². The number of nitrogens with one attached hydrogen (secondary N) is 1. The topological polar surface area (TPSA) is 52.7 Å². The van der Waals surface area contributed by atoms with E-state index in [2.05, 4.69) is 5.32 Å². The summed E-state index contributed by atoms with van der Waals surface area (Å²) in [7, 11) is 3.83. The van der Waals surface area contributed by atoms with Crippen molar-refractivity contribution in [2.75, 3.05) is 37.4 Å². The first kappa shape index (κ1) is 16.6. The molecule has 5 nitrogen and oxygen atoms in total. The average molecular weight is 324 g/mol. The first-order valence-electron chi connectivity index (χ1n) is 7.52. The van der Waals surface area contributed by atoms with E-state index >= 15 is 0 Å². The maximum absolute atomic E-state index is 12.1. The lowest BCUT2D eigenvalue weighted by Crippen LogP contribution is -2.26. The third-order valence-electron chi connectivity index (χ3n) is 3.72. The highest BCUT2D eigenvalue weighted by molar-refractivity contribution is 6.31. The Morgan fingerprint density at radius 2 is 2.18 bits per heavy atom. The maximum Gasteiger partial charge on any atom is 0.224 e. The van der Waals surface area contributed by atoms with Gasteiger partial charge in [0.05, 0.1) is 11.4 Å². The molecule has 0 aliphatic carbocycles. The summed E-state index contributed by atoms with van der Waals surface area (Å²) >= 11 is 6.00. The summed E-state index contributed by atoms with van der Waals surface area (Å²) in [5.41, 5.74) is 1.62. The van der Waals surface area contributed by atoms with Gasteiger partial charge in [0.1, 0.15) is 0 Å². The standard InChI is InChI=1S/C16H22ClN3O2/c1-19(2)14-8-7-12(17)11-13(14)18-15(21)5-3-9-20-10-4-6-16(20)22/h7-8,11H,3-6,9-10H2,1-2H3,(H,18,21). The Balaban J connectivity index is 1.86. The van der Waals surface area contributed by atoms with Crippen LogP contribution < -0.4 is 10.2 Å². The summed E-state index contributed by atoms with van der Waals surface area (Å²) in [6.45, 7) is 1.47. The van der Waals surface area contributed by atoms with E-state index in [1.165, 1.54) is 0 Å². The van der Waals surface area contributed by atoms with Gasteiger partial charge in [-0.3, -0.25) is 9.59 Å². The van der Waals surface area contributed by atoms with Crippen LogP contribution in [0.4, 0.5) is 11.4 Å². The molecule has 0 bridgehead atoms. The number of carbonyl (C=O) groups excluding carboxylic acids is 2. The van der Waals surface area contributed by atoms with Gasteiger partial charge in [-0.1, -0.05) is 11.6 Å². The molecule has 0 aromatic heterocycles. The predicted molar refractivity (Wildman–Crippen MR) is 89.5 cm³/mol. The number of hydrogen-bond acceptors (Lipinski definition) is 3. The van der Waals surface area contributed by atoms with Crippen molar-refractivity contribution in [3.63, 3.8) is 0 Å². The molecule has 2 amide bonds. The van der Waals surface area contributed by atoms with Crippen molar-refractivity contribution < 1.29 is 9.59 Å². The van der Waals surface area contributed by atoms with E-state index in [9.17, 15) is 9.59 Å². The molecule has 0 atom stereocenters. The van der Waals surface area contributed by atoms with Gasteiger partial charge in [-0.15, -0.1) is 0 Å². The van der Waals surface area contributed by atoms with E-state index in [0.29, 0.717) is 36.5 Å². The Morgan fingerprint density at radius 3 is 2.82 bits per heavy atom. The molecule has 2 rings (SSSR count). The Kier molecular flexibility index (Phi) is 5.66. The maximum atomic E-state index is 12.1. The smallest absolute Gasteiger partial charge is 0.224 e. The minimum Gasteiger partial charge on any atom is -0.376 e. The molecular weight excluding hydrogens is 302 g/mol. The molecule has 1 heterocycles. The van der Waals surface area contributed by atoms with E-state index in [0.717, 1.165) is 18.7 Å². The number of likely N-dealkylation sites (tertiary alicyclic amines) is 1. The van der Waals surface area contributed by atoms with Crippen LogP contribution in [0, 0.1) is 0 Å². The zero-order valence-electron chi connectivity index (χ0n) is 13.1. The van der Waals surface area contributed by atoms with E-state index < -0.39 is 0 Å². The van der Waals surface area contributed by atoms with Crippen molar-refractivity contribution in [1.82, 2.24) is 4.90 Å². The van der Waals surface area contributed by atoms with Crippen LogP contribution in [0.1, 0.15) is 25.7 Å². The number of halogens is 1. The summed E-state index contributed by atoms with van der Waals surface area (Å²) in [5.74, 6) is 0.141. The molecule has 1 aromatic carbocycles. The number of rotatable bonds is 6. The number of hydrogen-bond donors (Lipinski definition) is 1. The van der Waals surface area contributed by atoms with Crippen LogP contribution in [0.2, 0.25) is 5.02 Å². The lowest BCUT2D eigenvalue weighted by Gasteiger charge is -2.19. The van der Waals surface area contributed by atoms with Gasteiger partial charge in [0.15, 0.2) is 0 Å². The number of nitrogens with zero attached hydrogens (tertiary/aromatic N) is 2. The molecule has 22 heavy (non-hydrogen) atoms. The van der Waals surface area contributed by atoms with Crippen LogP contribution in [-0.4, -0.2) is 43.9 Å². The number of anilines is 2. The summed E-state index contributed by atoms with van der Waals surface area (Å²) < 4.78 is 0. The summed E-state index contributed by atoms with van der Waals surface area (Å²) in [6, 6.07) is 5.42. The van der Waals surface area contributed by atoms with Gasteiger partial charge in [-0.25, -0.2) is 0 Å². The fourth-order valence-corrected chi connectivity index (χ4v) is 2.75. The number of benzene rings is 1. The Labute approximate surface area is 136 Å². The first-order chi connectivity index (χ1) is 10.5. The van der Waals surface area contributed by atoms with Gasteiger partial charge in [0.2, 0.25) is 11.8 Å². The van der Waals surface area contributed by atoms with Gasteiger partial charge < -0.3 is 15.1 Å². The fourth-order valence-electron chi connectivity index (χ4n) is 2.58. The molecule has 0 radical (unpaired) electrons. The predicted octanol–water partition coefficient (Wildman–Crippen LogP) is 2.75. The second-order valence-corrected chi connectivity index (χ2v) is 6.13. The van der Waals surface area contributed by atoms with Gasteiger partial charge in [-0.05, 0) is 31.0 Å². The molecule has 1 aromatic rings. The van der Waals surface area contributed by atoms with Gasteiger partial charge in [0, 0.05) is 45.0 Å². The quantitative estimate of drug-likeness (QED) is 0.875. The molecular formula is C16H22ClN3O2. The van der Waals surface area contributed by atoms with Gasteiger partial charge in [0.25, 0.3) is 0 Å². The third kappa shape index (κ3) is 4.37. The molecule has 0 unspecified atom stereocenters. The highest BCUT2D eigenvalue weighted by Gasteiger charge is 2.19. The average Bonchev–Trinajstić information content (AvgIpc) is 2.84. The first-order valence-corrected chi connectivity index (χ1v) is 7.89. The SMILES string of the molecule is CN(C)c1ccc(Cl)cc1NC(=O)CCCN1CCCC1=O. The van der Waals surface area contributed by atoms with Crippen molar-refractivity contribution in [3.8, 4) is 0 Å². The Hall–Kier alpha value is -1.75. The molecule has 6 heteroatoms. The van der Waals surface area contributed by atoms with E-state index in [4.69, 9.17) is 11.6 Å². The summed E-state index contributed by atoms with van der Waals surface area (Å²) in [5, 5.41) is 3.49. The van der Waals surface area contributed by atoms with E-state index in [-0.39, 0.29) is 11.8 Å². The van der Waals surface area contributed by atoms with Crippen LogP contribution in [0.25, 0.3) is 0 Å². The Bertz CT molecular complexity index is 560. The van der Waals surface area contributed by atoms with Crippen molar-refractivity contribution in [2.45, 2.75) is 25.7 Å². The molecule has 1 aliphatic rings. The van der Waals surface area contributed by atoms with Crippen LogP contribution >= 0.6 is 11.6 Å². The minimum absolute atomic E-state index is 0.0583. The lowest BCUT2D eigenvalue weighted by atomic mass is 10.2. The molecule has 0 spiro atoms. The zero-order chi connectivity index (χ0) is 16.1.